The molecule has 0 aromatic heterocycles. The van der Waals surface area contributed by atoms with Crippen molar-refractivity contribution in [1.82, 2.24) is 0 Å². The highest BCUT2D eigenvalue weighted by Crippen LogP contribution is 2.23. The lowest BCUT2D eigenvalue weighted by Gasteiger charge is -2.18. The zero-order valence-corrected chi connectivity index (χ0v) is 10.9. The number of nitriles is 1. The van der Waals surface area contributed by atoms with Crippen LogP contribution in [0.3, 0.4) is 0 Å². The summed E-state index contributed by atoms with van der Waals surface area (Å²) in [5.74, 6) is 0. The number of hydrogen-bond donors (Lipinski definition) is 1. The van der Waals surface area contributed by atoms with Crippen LogP contribution in [0.2, 0.25) is 0 Å². The number of methoxy groups -OCH3 is 1. The van der Waals surface area contributed by atoms with E-state index in [1.807, 2.05) is 38.1 Å². The van der Waals surface area contributed by atoms with E-state index in [1.54, 1.807) is 7.11 Å². The summed E-state index contributed by atoms with van der Waals surface area (Å²) in [6, 6.07) is 10.6. The number of nitrogens with zero attached hydrogens (tertiary/aromatic N) is 1. The van der Waals surface area contributed by atoms with Crippen LogP contribution in [0, 0.1) is 11.3 Å². The third-order valence-corrected chi connectivity index (χ3v) is 2.72. The molecule has 0 aliphatic carbocycles. The van der Waals surface area contributed by atoms with Gasteiger partial charge < -0.3 is 10.1 Å². The summed E-state index contributed by atoms with van der Waals surface area (Å²) in [5, 5.41) is 12.4. The van der Waals surface area contributed by atoms with Crippen LogP contribution in [0.1, 0.15) is 26.3 Å². The van der Waals surface area contributed by atoms with Gasteiger partial charge in [0.25, 0.3) is 0 Å². The van der Waals surface area contributed by atoms with Crippen LogP contribution in [0.15, 0.2) is 24.3 Å². The van der Waals surface area contributed by atoms with Crippen molar-refractivity contribution in [3.63, 3.8) is 0 Å². The SMILES string of the molecule is COCC(C)Nc1ccc(C(C)(C)C#N)cc1. The Hall–Kier alpha value is -1.53. The molecule has 0 saturated heterocycles. The van der Waals surface area contributed by atoms with Gasteiger partial charge in [0.1, 0.15) is 0 Å². The molecule has 0 aliphatic heterocycles. The lowest BCUT2D eigenvalue weighted by atomic mass is 9.86. The van der Waals surface area contributed by atoms with Crippen molar-refractivity contribution >= 4 is 5.69 Å². The van der Waals surface area contributed by atoms with Crippen molar-refractivity contribution in [1.29, 1.82) is 5.26 Å². The fourth-order valence-corrected chi connectivity index (χ4v) is 1.62. The van der Waals surface area contributed by atoms with Gasteiger partial charge in [-0.3, -0.25) is 0 Å². The second kappa shape index (κ2) is 5.70. The van der Waals surface area contributed by atoms with Crippen molar-refractivity contribution in [2.24, 2.45) is 0 Å². The number of ether oxygens (including phenoxy) is 1. The summed E-state index contributed by atoms with van der Waals surface area (Å²) in [6.45, 7) is 6.58. The van der Waals surface area contributed by atoms with Crippen LogP contribution < -0.4 is 5.32 Å². The summed E-state index contributed by atoms with van der Waals surface area (Å²) < 4.78 is 5.07. The predicted molar refractivity (Wildman–Crippen MR) is 70.0 cm³/mol. The maximum Gasteiger partial charge on any atom is 0.0766 e. The van der Waals surface area contributed by atoms with Gasteiger partial charge in [0, 0.05) is 18.8 Å². The summed E-state index contributed by atoms with van der Waals surface area (Å²) in [5.41, 5.74) is 1.65. The molecule has 1 N–H and O–H groups in total. The highest BCUT2D eigenvalue weighted by Gasteiger charge is 2.19. The maximum absolute atomic E-state index is 9.05. The van der Waals surface area contributed by atoms with E-state index in [4.69, 9.17) is 10.00 Å². The zero-order valence-electron chi connectivity index (χ0n) is 10.9. The molecule has 1 atom stereocenters. The predicted octanol–water partition coefficient (Wildman–Crippen LogP) is 2.93. The first kappa shape index (κ1) is 13.5. The molecule has 0 spiro atoms. The minimum atomic E-state index is -0.434. The zero-order chi connectivity index (χ0) is 12.9. The molecule has 0 saturated carbocycles. The molecule has 17 heavy (non-hydrogen) atoms. The quantitative estimate of drug-likeness (QED) is 0.849. The Kier molecular flexibility index (Phi) is 4.53. The minimum Gasteiger partial charge on any atom is -0.383 e. The van der Waals surface area contributed by atoms with E-state index in [0.29, 0.717) is 6.61 Å². The lowest BCUT2D eigenvalue weighted by Crippen LogP contribution is -2.21. The third-order valence-electron chi connectivity index (χ3n) is 2.72. The highest BCUT2D eigenvalue weighted by atomic mass is 16.5. The number of anilines is 1. The van der Waals surface area contributed by atoms with Crippen LogP contribution >= 0.6 is 0 Å². The normalized spacial score (nSPS) is 12.9. The lowest BCUT2D eigenvalue weighted by molar-refractivity contribution is 0.190. The van der Waals surface area contributed by atoms with Gasteiger partial charge in [-0.15, -0.1) is 0 Å². The third kappa shape index (κ3) is 3.76. The van der Waals surface area contributed by atoms with E-state index in [0.717, 1.165) is 11.3 Å². The Balaban J connectivity index is 2.72. The Bertz CT molecular complexity index is 390. The van der Waals surface area contributed by atoms with E-state index in [9.17, 15) is 0 Å². The average molecular weight is 232 g/mol. The number of rotatable bonds is 5. The largest absolute Gasteiger partial charge is 0.383 e. The molecule has 0 amide bonds. The van der Waals surface area contributed by atoms with Crippen molar-refractivity contribution in [3.05, 3.63) is 29.8 Å². The summed E-state index contributed by atoms with van der Waals surface area (Å²) in [4.78, 5) is 0. The maximum atomic E-state index is 9.05. The van der Waals surface area contributed by atoms with Crippen molar-refractivity contribution < 1.29 is 4.74 Å². The fraction of sp³-hybridized carbons (Fsp3) is 0.500. The molecule has 0 aliphatic rings. The highest BCUT2D eigenvalue weighted by molar-refractivity contribution is 5.47. The molecule has 3 nitrogen and oxygen atoms in total. The molecule has 1 unspecified atom stereocenters. The van der Waals surface area contributed by atoms with Gasteiger partial charge in [-0.05, 0) is 38.5 Å². The molecule has 0 heterocycles. The average Bonchev–Trinajstić information content (AvgIpc) is 2.30. The summed E-state index contributed by atoms with van der Waals surface area (Å²) >= 11 is 0. The monoisotopic (exact) mass is 232 g/mol. The van der Waals surface area contributed by atoms with Crippen molar-refractivity contribution in [3.8, 4) is 6.07 Å². The van der Waals surface area contributed by atoms with E-state index in [2.05, 4.69) is 18.3 Å². The first-order valence-corrected chi connectivity index (χ1v) is 5.77. The van der Waals surface area contributed by atoms with Crippen LogP contribution in [0.4, 0.5) is 5.69 Å². The van der Waals surface area contributed by atoms with Crippen LogP contribution in [-0.4, -0.2) is 19.8 Å². The minimum absolute atomic E-state index is 0.273. The van der Waals surface area contributed by atoms with Crippen LogP contribution in [0.5, 0.6) is 0 Å². The van der Waals surface area contributed by atoms with Crippen molar-refractivity contribution in [2.75, 3.05) is 19.0 Å². The smallest absolute Gasteiger partial charge is 0.0766 e. The molecule has 0 fully saturated rings. The molecule has 1 aromatic carbocycles. The first-order chi connectivity index (χ1) is 7.99. The van der Waals surface area contributed by atoms with E-state index >= 15 is 0 Å². The Labute approximate surface area is 103 Å². The van der Waals surface area contributed by atoms with Gasteiger partial charge in [-0.1, -0.05) is 12.1 Å². The number of benzene rings is 1. The molecular formula is C14H20N2O. The van der Waals surface area contributed by atoms with Crippen LogP contribution in [0.25, 0.3) is 0 Å². The van der Waals surface area contributed by atoms with Gasteiger partial charge in [-0.2, -0.15) is 5.26 Å². The Morgan fingerprint density at radius 3 is 2.41 bits per heavy atom. The Morgan fingerprint density at radius 1 is 1.35 bits per heavy atom. The summed E-state index contributed by atoms with van der Waals surface area (Å²) in [6.07, 6.45) is 0. The topological polar surface area (TPSA) is 45.0 Å². The molecular weight excluding hydrogens is 212 g/mol. The van der Waals surface area contributed by atoms with E-state index in [1.165, 1.54) is 0 Å². The molecule has 0 bridgehead atoms. The van der Waals surface area contributed by atoms with Gasteiger partial charge in [0.2, 0.25) is 0 Å². The molecule has 0 radical (unpaired) electrons. The van der Waals surface area contributed by atoms with Gasteiger partial charge in [0.15, 0.2) is 0 Å². The molecule has 92 valence electrons. The number of nitrogens with one attached hydrogen (secondary N) is 1. The second-order valence-corrected chi connectivity index (χ2v) is 4.81. The fourth-order valence-electron chi connectivity index (χ4n) is 1.62. The first-order valence-electron chi connectivity index (χ1n) is 5.77. The van der Waals surface area contributed by atoms with E-state index in [-0.39, 0.29) is 6.04 Å². The molecule has 1 aromatic rings. The van der Waals surface area contributed by atoms with Gasteiger partial charge >= 0.3 is 0 Å². The molecule has 1 rings (SSSR count). The standard InChI is InChI=1S/C14H20N2O/c1-11(9-17-4)16-13-7-5-12(6-8-13)14(2,3)10-15/h5-8,11,16H,9H2,1-4H3. The number of hydrogen-bond acceptors (Lipinski definition) is 3. The van der Waals surface area contributed by atoms with Crippen molar-refractivity contribution in [2.45, 2.75) is 32.2 Å². The van der Waals surface area contributed by atoms with Crippen LogP contribution in [-0.2, 0) is 10.2 Å². The second-order valence-electron chi connectivity index (χ2n) is 4.81. The van der Waals surface area contributed by atoms with Gasteiger partial charge in [0.05, 0.1) is 18.1 Å². The molecule has 3 heteroatoms. The summed E-state index contributed by atoms with van der Waals surface area (Å²) in [7, 11) is 1.69. The van der Waals surface area contributed by atoms with Gasteiger partial charge in [-0.25, -0.2) is 0 Å². The van der Waals surface area contributed by atoms with E-state index < -0.39 is 5.41 Å². The Morgan fingerprint density at radius 2 is 1.94 bits per heavy atom.